The van der Waals surface area contributed by atoms with Crippen LogP contribution in [-0.4, -0.2) is 44.2 Å². The van der Waals surface area contributed by atoms with Crippen molar-refractivity contribution in [3.63, 3.8) is 0 Å². The molecule has 0 amide bonds. The summed E-state index contributed by atoms with van der Waals surface area (Å²) in [4.78, 5) is 2.17. The summed E-state index contributed by atoms with van der Waals surface area (Å²) in [6, 6.07) is 5.22. The number of nitrogens with zero attached hydrogens (tertiary/aromatic N) is 1. The Balaban J connectivity index is 1.78. The zero-order valence-corrected chi connectivity index (χ0v) is 11.2. The number of benzene rings is 1. The van der Waals surface area contributed by atoms with Crippen LogP contribution in [0.4, 0.5) is 4.39 Å². The molecule has 1 N–H and O–H groups in total. The summed E-state index contributed by atoms with van der Waals surface area (Å²) in [6.45, 7) is 3.90. The first-order valence-electron chi connectivity index (χ1n) is 6.38. The van der Waals surface area contributed by atoms with E-state index in [0.717, 1.165) is 30.8 Å². The highest BCUT2D eigenvalue weighted by molar-refractivity contribution is 5.37. The fourth-order valence-corrected chi connectivity index (χ4v) is 2.04. The Bertz CT molecular complexity index is 409. The summed E-state index contributed by atoms with van der Waals surface area (Å²) in [5.74, 6) is 0.635. The van der Waals surface area contributed by atoms with Crippen LogP contribution in [0.2, 0.25) is 0 Å². The van der Waals surface area contributed by atoms with Crippen molar-refractivity contribution in [3.05, 3.63) is 29.6 Å². The van der Waals surface area contributed by atoms with Crippen LogP contribution in [0.5, 0.6) is 5.75 Å². The van der Waals surface area contributed by atoms with Crippen LogP contribution in [0, 0.1) is 5.82 Å². The zero-order valence-electron chi connectivity index (χ0n) is 11.2. The Morgan fingerprint density at radius 3 is 3.00 bits per heavy atom. The van der Waals surface area contributed by atoms with Crippen LogP contribution in [-0.2, 0) is 6.42 Å². The lowest BCUT2D eigenvalue weighted by Gasteiger charge is -2.21. The van der Waals surface area contributed by atoms with Gasteiger partial charge in [0.1, 0.15) is 17.7 Å². The lowest BCUT2D eigenvalue weighted by atomic mass is 10.1. The Hall–Kier alpha value is -1.13. The van der Waals surface area contributed by atoms with Gasteiger partial charge < -0.3 is 15.0 Å². The number of fused-ring (bicyclic) bond motifs is 1. The number of likely N-dealkylation sites (N-methyl/N-ethyl adjacent to an activating group) is 1. The Morgan fingerprint density at radius 2 is 2.28 bits per heavy atom. The third-order valence-corrected chi connectivity index (χ3v) is 3.46. The van der Waals surface area contributed by atoms with E-state index in [0.29, 0.717) is 6.04 Å². The van der Waals surface area contributed by atoms with E-state index in [2.05, 4.69) is 31.2 Å². The van der Waals surface area contributed by atoms with Gasteiger partial charge in [0.25, 0.3) is 0 Å². The van der Waals surface area contributed by atoms with Gasteiger partial charge in [-0.3, -0.25) is 0 Å². The highest BCUT2D eigenvalue weighted by Crippen LogP contribution is 2.28. The largest absolute Gasteiger partial charge is 0.488 e. The van der Waals surface area contributed by atoms with Crippen molar-refractivity contribution in [1.29, 1.82) is 0 Å². The molecule has 0 aliphatic carbocycles. The number of hydrogen-bond acceptors (Lipinski definition) is 3. The van der Waals surface area contributed by atoms with E-state index in [-0.39, 0.29) is 11.9 Å². The number of halogens is 1. The van der Waals surface area contributed by atoms with Gasteiger partial charge in [-0.25, -0.2) is 4.39 Å². The SMILES string of the molecule is CC(CNCC1Cc2cc(F)ccc2O1)N(C)C. The van der Waals surface area contributed by atoms with Crippen LogP contribution in [0.1, 0.15) is 12.5 Å². The van der Waals surface area contributed by atoms with Gasteiger partial charge in [-0.05, 0) is 39.2 Å². The second-order valence-corrected chi connectivity index (χ2v) is 5.17. The molecule has 0 aromatic heterocycles. The standard InChI is InChI=1S/C14H21FN2O/c1-10(17(2)3)8-16-9-13-7-11-6-12(15)4-5-14(11)18-13/h4-6,10,13,16H,7-9H2,1-3H3. The first-order chi connectivity index (χ1) is 8.56. The van der Waals surface area contributed by atoms with Crippen LogP contribution in [0.3, 0.4) is 0 Å². The quantitative estimate of drug-likeness (QED) is 0.862. The molecule has 1 aliphatic rings. The minimum absolute atomic E-state index is 0.121. The van der Waals surface area contributed by atoms with Crippen molar-refractivity contribution in [2.45, 2.75) is 25.5 Å². The highest BCUT2D eigenvalue weighted by atomic mass is 19.1. The van der Waals surface area contributed by atoms with E-state index >= 15 is 0 Å². The first-order valence-corrected chi connectivity index (χ1v) is 6.38. The van der Waals surface area contributed by atoms with Gasteiger partial charge in [-0.2, -0.15) is 0 Å². The number of ether oxygens (including phenoxy) is 1. The van der Waals surface area contributed by atoms with Crippen LogP contribution in [0.15, 0.2) is 18.2 Å². The van der Waals surface area contributed by atoms with E-state index in [1.54, 1.807) is 12.1 Å². The summed E-state index contributed by atoms with van der Waals surface area (Å²) in [5, 5.41) is 3.40. The van der Waals surface area contributed by atoms with E-state index in [1.807, 2.05) is 0 Å². The summed E-state index contributed by atoms with van der Waals surface area (Å²) in [5.41, 5.74) is 0.974. The molecule has 4 heteroatoms. The molecule has 2 atom stereocenters. The molecule has 0 radical (unpaired) electrons. The molecule has 0 saturated carbocycles. The normalized spacial score (nSPS) is 19.7. The van der Waals surface area contributed by atoms with E-state index in [1.165, 1.54) is 6.07 Å². The van der Waals surface area contributed by atoms with Crippen molar-refractivity contribution in [3.8, 4) is 5.75 Å². The molecule has 1 aliphatic heterocycles. The van der Waals surface area contributed by atoms with E-state index in [9.17, 15) is 4.39 Å². The van der Waals surface area contributed by atoms with Crippen LogP contribution >= 0.6 is 0 Å². The molecule has 2 unspecified atom stereocenters. The summed E-state index contributed by atoms with van der Waals surface area (Å²) < 4.78 is 18.8. The van der Waals surface area contributed by atoms with Gasteiger partial charge in [-0.1, -0.05) is 0 Å². The minimum atomic E-state index is -0.188. The molecule has 18 heavy (non-hydrogen) atoms. The van der Waals surface area contributed by atoms with E-state index < -0.39 is 0 Å². The molecule has 1 heterocycles. The molecule has 1 aromatic carbocycles. The summed E-state index contributed by atoms with van der Waals surface area (Å²) >= 11 is 0. The Labute approximate surface area is 108 Å². The minimum Gasteiger partial charge on any atom is -0.488 e. The van der Waals surface area contributed by atoms with Gasteiger partial charge in [-0.15, -0.1) is 0 Å². The van der Waals surface area contributed by atoms with E-state index in [4.69, 9.17) is 4.74 Å². The average Bonchev–Trinajstić information content (AvgIpc) is 2.70. The number of rotatable bonds is 5. The molecule has 0 saturated heterocycles. The van der Waals surface area contributed by atoms with Crippen molar-refractivity contribution in [2.24, 2.45) is 0 Å². The molecule has 0 bridgehead atoms. The monoisotopic (exact) mass is 252 g/mol. The molecule has 0 fully saturated rings. The third-order valence-electron chi connectivity index (χ3n) is 3.46. The molecule has 1 aromatic rings. The zero-order chi connectivity index (χ0) is 13.1. The maximum absolute atomic E-state index is 13.1. The van der Waals surface area contributed by atoms with Gasteiger partial charge in [0, 0.05) is 31.1 Å². The number of hydrogen-bond donors (Lipinski definition) is 1. The van der Waals surface area contributed by atoms with Crippen molar-refractivity contribution in [2.75, 3.05) is 27.2 Å². The highest BCUT2D eigenvalue weighted by Gasteiger charge is 2.22. The van der Waals surface area contributed by atoms with Gasteiger partial charge in [0.05, 0.1) is 0 Å². The second kappa shape index (κ2) is 5.67. The van der Waals surface area contributed by atoms with Crippen molar-refractivity contribution in [1.82, 2.24) is 10.2 Å². The summed E-state index contributed by atoms with van der Waals surface area (Å²) in [6.07, 6.45) is 0.910. The Morgan fingerprint density at radius 1 is 1.50 bits per heavy atom. The average molecular weight is 252 g/mol. The van der Waals surface area contributed by atoms with Crippen molar-refractivity contribution < 1.29 is 9.13 Å². The maximum Gasteiger partial charge on any atom is 0.123 e. The lowest BCUT2D eigenvalue weighted by molar-refractivity contribution is 0.219. The lowest BCUT2D eigenvalue weighted by Crippen LogP contribution is -2.39. The summed E-state index contributed by atoms with van der Waals surface area (Å²) in [7, 11) is 4.13. The maximum atomic E-state index is 13.1. The third kappa shape index (κ3) is 3.21. The molecular formula is C14H21FN2O. The fraction of sp³-hybridized carbons (Fsp3) is 0.571. The smallest absolute Gasteiger partial charge is 0.123 e. The van der Waals surface area contributed by atoms with Crippen molar-refractivity contribution >= 4 is 0 Å². The van der Waals surface area contributed by atoms with Gasteiger partial charge in [0.15, 0.2) is 0 Å². The van der Waals surface area contributed by atoms with Crippen LogP contribution in [0.25, 0.3) is 0 Å². The predicted molar refractivity (Wildman–Crippen MR) is 70.5 cm³/mol. The number of nitrogens with one attached hydrogen (secondary N) is 1. The van der Waals surface area contributed by atoms with Gasteiger partial charge >= 0.3 is 0 Å². The molecule has 3 nitrogen and oxygen atoms in total. The topological polar surface area (TPSA) is 24.5 Å². The molecule has 0 spiro atoms. The molecular weight excluding hydrogens is 231 g/mol. The van der Waals surface area contributed by atoms with Crippen LogP contribution < -0.4 is 10.1 Å². The second-order valence-electron chi connectivity index (χ2n) is 5.17. The molecule has 100 valence electrons. The molecule has 2 rings (SSSR count). The predicted octanol–water partition coefficient (Wildman–Crippen LogP) is 1.67. The fourth-order valence-electron chi connectivity index (χ4n) is 2.04. The Kier molecular flexibility index (Phi) is 4.19. The van der Waals surface area contributed by atoms with Gasteiger partial charge in [0.2, 0.25) is 0 Å². The first kappa shape index (κ1) is 13.3.